The number of hydrogen-bond acceptors (Lipinski definition) is 5. The van der Waals surface area contributed by atoms with Crippen molar-refractivity contribution in [3.63, 3.8) is 0 Å². The van der Waals surface area contributed by atoms with Crippen LogP contribution in [-0.2, 0) is 0 Å². The van der Waals surface area contributed by atoms with Gasteiger partial charge in [0.1, 0.15) is 5.54 Å². The molecule has 0 fully saturated rings. The highest BCUT2D eigenvalue weighted by Crippen LogP contribution is 2.18. The van der Waals surface area contributed by atoms with Gasteiger partial charge in [-0.25, -0.2) is 9.97 Å². The first kappa shape index (κ1) is 13.9. The summed E-state index contributed by atoms with van der Waals surface area (Å²) in [4.78, 5) is 8.42. The smallest absolute Gasteiger partial charge is 0.187 e. The highest BCUT2D eigenvalue weighted by molar-refractivity contribution is 7.99. The molecule has 17 heavy (non-hydrogen) atoms. The van der Waals surface area contributed by atoms with Gasteiger partial charge in [-0.1, -0.05) is 18.7 Å². The van der Waals surface area contributed by atoms with Crippen LogP contribution in [0.1, 0.15) is 31.7 Å². The third-order valence-corrected chi connectivity index (χ3v) is 3.57. The lowest BCUT2D eigenvalue weighted by molar-refractivity contribution is 0.478. The maximum Gasteiger partial charge on any atom is 0.187 e. The minimum absolute atomic E-state index is 0.672. The Hall–Kier alpha value is -1.12. The summed E-state index contributed by atoms with van der Waals surface area (Å²) < 4.78 is 0. The maximum absolute atomic E-state index is 8.93. The minimum atomic E-state index is -0.672. The summed E-state index contributed by atoms with van der Waals surface area (Å²) in [5, 5.41) is 9.71. The SMILES string of the molecule is CCC(N)(C#N)CCCSc1ncc(C)cn1. The van der Waals surface area contributed by atoms with Crippen LogP contribution in [0.2, 0.25) is 0 Å². The van der Waals surface area contributed by atoms with Gasteiger partial charge in [0, 0.05) is 18.1 Å². The molecule has 0 bridgehead atoms. The standard InChI is InChI=1S/C12H18N4S/c1-3-12(14,9-13)5-4-6-17-11-15-7-10(2)8-16-11/h7-8H,3-6,14H2,1-2H3. The van der Waals surface area contributed by atoms with Crippen LogP contribution in [-0.4, -0.2) is 21.3 Å². The molecule has 1 atom stereocenters. The van der Waals surface area contributed by atoms with E-state index in [-0.39, 0.29) is 0 Å². The molecule has 0 amide bonds. The van der Waals surface area contributed by atoms with Crippen LogP contribution in [0.15, 0.2) is 17.6 Å². The number of aromatic nitrogens is 2. The third-order valence-electron chi connectivity index (χ3n) is 2.61. The van der Waals surface area contributed by atoms with E-state index in [2.05, 4.69) is 16.0 Å². The van der Waals surface area contributed by atoms with E-state index in [0.717, 1.165) is 29.3 Å². The van der Waals surface area contributed by atoms with Crippen LogP contribution in [0.25, 0.3) is 0 Å². The molecule has 4 nitrogen and oxygen atoms in total. The van der Waals surface area contributed by atoms with Crippen molar-refractivity contribution in [2.45, 2.75) is 43.8 Å². The first-order valence-electron chi connectivity index (χ1n) is 5.71. The second kappa shape index (κ2) is 6.58. The van der Waals surface area contributed by atoms with Crippen molar-refractivity contribution in [3.8, 4) is 6.07 Å². The predicted molar refractivity (Wildman–Crippen MR) is 69.5 cm³/mol. The number of nitriles is 1. The average Bonchev–Trinajstić information content (AvgIpc) is 2.36. The fraction of sp³-hybridized carbons (Fsp3) is 0.583. The van der Waals surface area contributed by atoms with E-state index in [1.54, 1.807) is 11.8 Å². The zero-order valence-electron chi connectivity index (χ0n) is 10.3. The van der Waals surface area contributed by atoms with Gasteiger partial charge in [-0.15, -0.1) is 0 Å². The Morgan fingerprint density at radius 2 is 2.12 bits per heavy atom. The summed E-state index contributed by atoms with van der Waals surface area (Å²) in [5.74, 6) is 0.893. The molecule has 0 saturated carbocycles. The van der Waals surface area contributed by atoms with Crippen LogP contribution < -0.4 is 5.73 Å². The van der Waals surface area contributed by atoms with Gasteiger partial charge >= 0.3 is 0 Å². The molecule has 5 heteroatoms. The first-order valence-corrected chi connectivity index (χ1v) is 6.70. The molecule has 0 aromatic carbocycles. The molecule has 1 unspecified atom stereocenters. The summed E-state index contributed by atoms with van der Waals surface area (Å²) in [7, 11) is 0. The number of thioether (sulfide) groups is 1. The van der Waals surface area contributed by atoms with E-state index < -0.39 is 5.54 Å². The van der Waals surface area contributed by atoms with Crippen molar-refractivity contribution >= 4 is 11.8 Å². The lowest BCUT2D eigenvalue weighted by atomic mass is 9.94. The maximum atomic E-state index is 8.93. The summed E-state index contributed by atoms with van der Waals surface area (Å²) in [6.45, 7) is 3.91. The van der Waals surface area contributed by atoms with Crippen molar-refractivity contribution in [2.75, 3.05) is 5.75 Å². The van der Waals surface area contributed by atoms with Crippen molar-refractivity contribution in [1.82, 2.24) is 9.97 Å². The monoisotopic (exact) mass is 250 g/mol. The number of nitrogens with zero attached hydrogens (tertiary/aromatic N) is 3. The third kappa shape index (κ3) is 4.72. The lowest BCUT2D eigenvalue weighted by Gasteiger charge is -2.18. The van der Waals surface area contributed by atoms with Crippen molar-refractivity contribution in [3.05, 3.63) is 18.0 Å². The molecule has 0 aliphatic rings. The fourth-order valence-corrected chi connectivity index (χ4v) is 2.04. The van der Waals surface area contributed by atoms with Gasteiger partial charge < -0.3 is 5.73 Å². The minimum Gasteiger partial charge on any atom is -0.313 e. The Bertz CT molecular complexity index is 384. The van der Waals surface area contributed by atoms with Crippen LogP contribution >= 0.6 is 11.8 Å². The Balaban J connectivity index is 2.29. The molecule has 1 rings (SSSR count). The molecule has 0 aliphatic heterocycles. The van der Waals surface area contributed by atoms with Crippen molar-refractivity contribution in [2.24, 2.45) is 5.73 Å². The molecule has 1 aromatic heterocycles. The summed E-state index contributed by atoms with van der Waals surface area (Å²) in [6, 6.07) is 2.17. The lowest BCUT2D eigenvalue weighted by Crippen LogP contribution is -2.37. The fourth-order valence-electron chi connectivity index (χ4n) is 1.32. The van der Waals surface area contributed by atoms with Gasteiger partial charge in [0.05, 0.1) is 6.07 Å². The van der Waals surface area contributed by atoms with Crippen LogP contribution in [0.3, 0.4) is 0 Å². The Morgan fingerprint density at radius 1 is 1.47 bits per heavy atom. The van der Waals surface area contributed by atoms with E-state index in [4.69, 9.17) is 11.0 Å². The quantitative estimate of drug-likeness (QED) is 0.476. The van der Waals surface area contributed by atoms with E-state index in [1.807, 2.05) is 26.2 Å². The molecule has 0 spiro atoms. The molecule has 92 valence electrons. The molecule has 0 saturated heterocycles. The van der Waals surface area contributed by atoms with Gasteiger partial charge in [-0.2, -0.15) is 5.26 Å². The highest BCUT2D eigenvalue weighted by atomic mass is 32.2. The molecular formula is C12H18N4S. The summed E-state index contributed by atoms with van der Waals surface area (Å²) >= 11 is 1.60. The van der Waals surface area contributed by atoms with E-state index >= 15 is 0 Å². The van der Waals surface area contributed by atoms with Gasteiger partial charge in [-0.3, -0.25) is 0 Å². The summed E-state index contributed by atoms with van der Waals surface area (Å²) in [5.41, 5.74) is 6.28. The molecular weight excluding hydrogens is 232 g/mol. The van der Waals surface area contributed by atoms with Crippen LogP contribution in [0.4, 0.5) is 0 Å². The summed E-state index contributed by atoms with van der Waals surface area (Å²) in [6.07, 6.45) is 5.93. The topological polar surface area (TPSA) is 75.6 Å². The zero-order chi connectivity index (χ0) is 12.7. The number of hydrogen-bond donors (Lipinski definition) is 1. The zero-order valence-corrected chi connectivity index (χ0v) is 11.1. The van der Waals surface area contributed by atoms with E-state index in [9.17, 15) is 0 Å². The number of aryl methyl sites for hydroxylation is 1. The van der Waals surface area contributed by atoms with Crippen LogP contribution in [0, 0.1) is 18.3 Å². The van der Waals surface area contributed by atoms with Gasteiger partial charge in [0.2, 0.25) is 0 Å². The number of nitrogens with two attached hydrogens (primary N) is 1. The Kier molecular flexibility index (Phi) is 5.39. The van der Waals surface area contributed by atoms with Gasteiger partial charge in [0.25, 0.3) is 0 Å². The first-order chi connectivity index (χ1) is 8.09. The Morgan fingerprint density at radius 3 is 2.65 bits per heavy atom. The van der Waals surface area contributed by atoms with Crippen molar-refractivity contribution < 1.29 is 0 Å². The second-order valence-corrected chi connectivity index (χ2v) is 5.18. The predicted octanol–water partition coefficient (Wildman–Crippen LogP) is 2.29. The largest absolute Gasteiger partial charge is 0.313 e. The Labute approximate surface area is 107 Å². The second-order valence-electron chi connectivity index (χ2n) is 4.12. The molecule has 1 heterocycles. The van der Waals surface area contributed by atoms with E-state index in [0.29, 0.717) is 6.42 Å². The normalized spacial score (nSPS) is 14.0. The van der Waals surface area contributed by atoms with Crippen LogP contribution in [0.5, 0.6) is 0 Å². The van der Waals surface area contributed by atoms with Gasteiger partial charge in [0.15, 0.2) is 5.16 Å². The van der Waals surface area contributed by atoms with E-state index in [1.165, 1.54) is 0 Å². The molecule has 1 aromatic rings. The van der Waals surface area contributed by atoms with Crippen molar-refractivity contribution in [1.29, 1.82) is 5.26 Å². The molecule has 0 aliphatic carbocycles. The highest BCUT2D eigenvalue weighted by Gasteiger charge is 2.20. The molecule has 0 radical (unpaired) electrons. The number of rotatable bonds is 6. The molecule has 2 N–H and O–H groups in total. The van der Waals surface area contributed by atoms with Gasteiger partial charge in [-0.05, 0) is 31.7 Å². The average molecular weight is 250 g/mol.